The number of halogens is 3. The molecule has 1 aliphatic carbocycles. The minimum absolute atomic E-state index is 0.0516. The van der Waals surface area contributed by atoms with E-state index in [4.69, 9.17) is 4.52 Å². The molecule has 33 heavy (non-hydrogen) atoms. The average Bonchev–Trinajstić information content (AvgIpc) is 3.47. The molecule has 3 aromatic rings. The van der Waals surface area contributed by atoms with E-state index in [9.17, 15) is 18.0 Å². The van der Waals surface area contributed by atoms with Gasteiger partial charge in [0.25, 0.3) is 5.91 Å². The first-order chi connectivity index (χ1) is 15.7. The predicted octanol–water partition coefficient (Wildman–Crippen LogP) is 5.09. The van der Waals surface area contributed by atoms with Crippen molar-refractivity contribution in [2.45, 2.75) is 44.9 Å². The number of likely N-dealkylation sites (tertiary alicyclic amines) is 1. The highest BCUT2D eigenvalue weighted by Gasteiger charge is 2.47. The summed E-state index contributed by atoms with van der Waals surface area (Å²) < 4.78 is 43.8. The number of amides is 1. The van der Waals surface area contributed by atoms with E-state index in [0.717, 1.165) is 41.9 Å². The Morgan fingerprint density at radius 2 is 1.94 bits per heavy atom. The monoisotopic (exact) mass is 456 g/mol. The molecule has 1 N–H and O–H groups in total. The van der Waals surface area contributed by atoms with Gasteiger partial charge in [0.15, 0.2) is 0 Å². The number of nitrogens with zero attached hydrogens (tertiary/aromatic N) is 3. The molecular formula is C24H23F3N4O2. The minimum Gasteiger partial charge on any atom is -0.365 e. The summed E-state index contributed by atoms with van der Waals surface area (Å²) in [6.45, 7) is 4.34. The van der Waals surface area contributed by atoms with Gasteiger partial charge in [0.05, 0.1) is 17.3 Å². The Hall–Kier alpha value is -3.36. The van der Waals surface area contributed by atoms with Crippen LogP contribution in [0, 0.1) is 19.8 Å². The van der Waals surface area contributed by atoms with Gasteiger partial charge in [-0.15, -0.1) is 0 Å². The molecule has 0 unspecified atom stereocenters. The van der Waals surface area contributed by atoms with Crippen LogP contribution in [0.25, 0.3) is 11.1 Å². The SMILES string of the molecule is Cc1noc(C)c1-c1ccccc1C(=O)N1C[C@@H]2C[C@@H](Nc3ccc(C(F)(F)F)cn3)[C@@H]1C2. The van der Waals surface area contributed by atoms with Gasteiger partial charge >= 0.3 is 6.18 Å². The van der Waals surface area contributed by atoms with Crippen molar-refractivity contribution in [2.24, 2.45) is 5.92 Å². The standard InChI is InChI=1S/C24H23F3N4O2/c1-13-22(14(2)33-30-13)17-5-3-4-6-18(17)23(32)31-12-15-9-19(20(31)10-15)29-21-8-7-16(11-28-21)24(25,26)27/h3-8,11,15,19-20H,9-10,12H2,1-2H3,(H,28,29)/t15-,19-,20+/m1/s1. The summed E-state index contributed by atoms with van der Waals surface area (Å²) in [5.41, 5.74) is 2.14. The first kappa shape index (κ1) is 21.5. The number of rotatable bonds is 4. The van der Waals surface area contributed by atoms with Gasteiger partial charge in [-0.05, 0) is 56.4 Å². The topological polar surface area (TPSA) is 71.3 Å². The third-order valence-electron chi connectivity index (χ3n) is 6.63. The third-order valence-corrected chi connectivity index (χ3v) is 6.63. The molecule has 1 amide bonds. The predicted molar refractivity (Wildman–Crippen MR) is 116 cm³/mol. The third kappa shape index (κ3) is 3.85. The molecule has 0 radical (unpaired) electrons. The molecule has 1 aromatic carbocycles. The van der Waals surface area contributed by atoms with Crippen molar-refractivity contribution in [3.05, 3.63) is 65.2 Å². The van der Waals surface area contributed by atoms with Gasteiger partial charge in [0.1, 0.15) is 11.6 Å². The molecule has 2 aromatic heterocycles. The lowest BCUT2D eigenvalue weighted by Gasteiger charge is -2.34. The maximum atomic E-state index is 13.6. The van der Waals surface area contributed by atoms with Crippen LogP contribution in [0.5, 0.6) is 0 Å². The number of aryl methyl sites for hydroxylation is 2. The molecule has 2 aliphatic rings. The quantitative estimate of drug-likeness (QED) is 0.592. The van der Waals surface area contributed by atoms with E-state index in [-0.39, 0.29) is 18.0 Å². The molecule has 2 fully saturated rings. The van der Waals surface area contributed by atoms with E-state index in [1.165, 1.54) is 6.07 Å². The molecule has 1 saturated heterocycles. The van der Waals surface area contributed by atoms with Crippen LogP contribution in [-0.2, 0) is 6.18 Å². The van der Waals surface area contributed by atoms with E-state index in [1.54, 1.807) is 0 Å². The van der Waals surface area contributed by atoms with Crippen LogP contribution in [0.1, 0.15) is 40.2 Å². The smallest absolute Gasteiger partial charge is 0.365 e. The second kappa shape index (κ2) is 7.90. The van der Waals surface area contributed by atoms with Crippen LogP contribution >= 0.6 is 0 Å². The van der Waals surface area contributed by atoms with Gasteiger partial charge in [-0.2, -0.15) is 13.2 Å². The molecule has 3 atom stereocenters. The van der Waals surface area contributed by atoms with Gasteiger partial charge in [-0.25, -0.2) is 4.98 Å². The largest absolute Gasteiger partial charge is 0.417 e. The van der Waals surface area contributed by atoms with Crippen molar-refractivity contribution < 1.29 is 22.5 Å². The number of pyridine rings is 1. The zero-order valence-corrected chi connectivity index (χ0v) is 18.2. The summed E-state index contributed by atoms with van der Waals surface area (Å²) in [6.07, 6.45) is -1.88. The molecule has 6 nitrogen and oxygen atoms in total. The normalized spacial score (nSPS) is 22.1. The summed E-state index contributed by atoms with van der Waals surface area (Å²) in [7, 11) is 0. The lowest BCUT2D eigenvalue weighted by atomic mass is 9.96. The number of aromatic nitrogens is 2. The first-order valence-electron chi connectivity index (χ1n) is 10.9. The van der Waals surface area contributed by atoms with Crippen molar-refractivity contribution >= 4 is 11.7 Å². The lowest BCUT2D eigenvalue weighted by molar-refractivity contribution is -0.137. The zero-order valence-electron chi connectivity index (χ0n) is 18.2. The fraction of sp³-hybridized carbons (Fsp3) is 0.375. The van der Waals surface area contributed by atoms with Crippen molar-refractivity contribution in [3.8, 4) is 11.1 Å². The Balaban J connectivity index is 1.37. The fourth-order valence-electron chi connectivity index (χ4n) is 5.16. The molecule has 0 spiro atoms. The number of anilines is 1. The molecule has 5 rings (SSSR count). The molecule has 9 heteroatoms. The van der Waals surface area contributed by atoms with Crippen molar-refractivity contribution in [2.75, 3.05) is 11.9 Å². The summed E-state index contributed by atoms with van der Waals surface area (Å²) >= 11 is 0. The summed E-state index contributed by atoms with van der Waals surface area (Å²) in [4.78, 5) is 19.5. The molecular weight excluding hydrogens is 433 g/mol. The average molecular weight is 456 g/mol. The first-order valence-corrected chi connectivity index (χ1v) is 10.9. The Bertz CT molecular complexity index is 1170. The van der Waals surface area contributed by atoms with Gasteiger partial charge in [0, 0.05) is 29.9 Å². The van der Waals surface area contributed by atoms with Crippen LogP contribution in [0.3, 0.4) is 0 Å². The maximum Gasteiger partial charge on any atom is 0.417 e. The number of hydrogen-bond donors (Lipinski definition) is 1. The molecule has 2 bridgehead atoms. The second-order valence-electron chi connectivity index (χ2n) is 8.79. The van der Waals surface area contributed by atoms with E-state index in [1.807, 2.05) is 43.0 Å². The maximum absolute atomic E-state index is 13.6. The summed E-state index contributed by atoms with van der Waals surface area (Å²) in [6, 6.07) is 9.68. The van der Waals surface area contributed by atoms with Crippen molar-refractivity contribution in [1.82, 2.24) is 15.0 Å². The van der Waals surface area contributed by atoms with Crippen LogP contribution in [0.2, 0.25) is 0 Å². The second-order valence-corrected chi connectivity index (χ2v) is 8.79. The highest BCUT2D eigenvalue weighted by molar-refractivity contribution is 6.01. The van der Waals surface area contributed by atoms with Crippen LogP contribution in [-0.4, -0.2) is 39.6 Å². The summed E-state index contributed by atoms with van der Waals surface area (Å²) in [5, 5.41) is 7.27. The Morgan fingerprint density at radius 1 is 1.15 bits per heavy atom. The van der Waals surface area contributed by atoms with Crippen molar-refractivity contribution in [1.29, 1.82) is 0 Å². The molecule has 1 saturated carbocycles. The van der Waals surface area contributed by atoms with E-state index < -0.39 is 11.7 Å². The minimum atomic E-state index is -4.42. The Morgan fingerprint density at radius 3 is 2.58 bits per heavy atom. The Labute approximate surface area is 188 Å². The van der Waals surface area contributed by atoms with Crippen LogP contribution in [0.4, 0.5) is 19.0 Å². The van der Waals surface area contributed by atoms with Crippen LogP contribution in [0.15, 0.2) is 47.1 Å². The number of benzene rings is 1. The van der Waals surface area contributed by atoms with Gasteiger partial charge in [-0.1, -0.05) is 23.4 Å². The van der Waals surface area contributed by atoms with Crippen molar-refractivity contribution in [3.63, 3.8) is 0 Å². The highest BCUT2D eigenvalue weighted by Crippen LogP contribution is 2.41. The van der Waals surface area contributed by atoms with Gasteiger partial charge in [0.2, 0.25) is 0 Å². The number of carbonyl (C=O) groups excluding carboxylic acids is 1. The number of alkyl halides is 3. The number of piperidine rings is 1. The molecule has 172 valence electrons. The number of carbonyl (C=O) groups is 1. The molecule has 1 aliphatic heterocycles. The summed E-state index contributed by atoms with van der Waals surface area (Å²) in [5.74, 6) is 1.31. The van der Waals surface area contributed by atoms with Gasteiger partial charge in [-0.3, -0.25) is 4.79 Å². The van der Waals surface area contributed by atoms with Crippen LogP contribution < -0.4 is 5.32 Å². The number of fused-ring (bicyclic) bond motifs is 2. The number of hydrogen-bond acceptors (Lipinski definition) is 5. The Kier molecular flexibility index (Phi) is 5.14. The lowest BCUT2D eigenvalue weighted by Crippen LogP contribution is -2.47. The fourth-order valence-corrected chi connectivity index (χ4v) is 5.16. The van der Waals surface area contributed by atoms with E-state index in [0.29, 0.717) is 29.6 Å². The van der Waals surface area contributed by atoms with Gasteiger partial charge < -0.3 is 14.7 Å². The zero-order chi connectivity index (χ0) is 23.3. The highest BCUT2D eigenvalue weighted by atomic mass is 19.4. The van der Waals surface area contributed by atoms with E-state index in [2.05, 4.69) is 15.5 Å². The van der Waals surface area contributed by atoms with E-state index >= 15 is 0 Å². The number of nitrogens with one attached hydrogen (secondary N) is 1. The molecule has 3 heterocycles.